The number of hydrogen-bond donors (Lipinski definition) is 1. The van der Waals surface area contributed by atoms with Crippen molar-refractivity contribution >= 4 is 11.6 Å². The van der Waals surface area contributed by atoms with Crippen molar-refractivity contribution in [2.24, 2.45) is 0 Å². The molecule has 1 aromatic carbocycles. The smallest absolute Gasteiger partial charge is 0.324 e. The third-order valence-electron chi connectivity index (χ3n) is 3.65. The van der Waals surface area contributed by atoms with Crippen LogP contribution in [0.1, 0.15) is 18.9 Å². The number of rotatable bonds is 7. The molecule has 0 unspecified atom stereocenters. The highest BCUT2D eigenvalue weighted by Crippen LogP contribution is 2.34. The number of likely N-dealkylation sites (N-methyl/N-ethyl adjacent to an activating group) is 1. The molecule has 0 radical (unpaired) electrons. The average Bonchev–Trinajstić information content (AvgIpc) is 2.45. The highest BCUT2D eigenvalue weighted by Gasteiger charge is 2.34. The molecular formula is C16H24F3N3O. The number of anilines is 1. The molecule has 0 spiro atoms. The number of halogens is 3. The van der Waals surface area contributed by atoms with E-state index in [-0.39, 0.29) is 5.69 Å². The van der Waals surface area contributed by atoms with Gasteiger partial charge >= 0.3 is 6.18 Å². The largest absolute Gasteiger partial charge is 0.418 e. The van der Waals surface area contributed by atoms with Gasteiger partial charge in [0.25, 0.3) is 0 Å². The maximum atomic E-state index is 12.9. The second-order valence-corrected chi connectivity index (χ2v) is 5.85. The van der Waals surface area contributed by atoms with Crippen molar-refractivity contribution in [2.75, 3.05) is 39.5 Å². The highest BCUT2D eigenvalue weighted by molar-refractivity contribution is 5.95. The Morgan fingerprint density at radius 3 is 2.35 bits per heavy atom. The number of alkyl halides is 3. The average molecular weight is 331 g/mol. The van der Waals surface area contributed by atoms with Crippen molar-refractivity contribution in [1.82, 2.24) is 9.80 Å². The lowest BCUT2D eigenvalue weighted by Crippen LogP contribution is -2.40. The zero-order valence-corrected chi connectivity index (χ0v) is 13.9. The van der Waals surface area contributed by atoms with Gasteiger partial charge in [-0.15, -0.1) is 0 Å². The molecule has 0 aliphatic carbocycles. The molecule has 1 amide bonds. The second-order valence-electron chi connectivity index (χ2n) is 5.85. The number of amides is 1. The van der Waals surface area contributed by atoms with Crippen LogP contribution in [0.15, 0.2) is 24.3 Å². The lowest BCUT2D eigenvalue weighted by atomic mass is 10.1. The van der Waals surface area contributed by atoms with E-state index in [4.69, 9.17) is 0 Å². The normalized spacial score (nSPS) is 13.4. The third kappa shape index (κ3) is 6.19. The molecule has 1 aromatic rings. The van der Waals surface area contributed by atoms with Crippen LogP contribution in [0.25, 0.3) is 0 Å². The van der Waals surface area contributed by atoms with E-state index in [1.54, 1.807) is 14.0 Å². The summed E-state index contributed by atoms with van der Waals surface area (Å²) in [6.07, 6.45) is -3.62. The summed E-state index contributed by atoms with van der Waals surface area (Å²) < 4.78 is 38.8. The van der Waals surface area contributed by atoms with E-state index in [1.807, 2.05) is 23.9 Å². The number of nitrogens with zero attached hydrogens (tertiary/aromatic N) is 2. The number of hydrogen-bond acceptors (Lipinski definition) is 3. The van der Waals surface area contributed by atoms with Gasteiger partial charge in [-0.25, -0.2) is 0 Å². The summed E-state index contributed by atoms with van der Waals surface area (Å²) in [5.74, 6) is -0.450. The van der Waals surface area contributed by atoms with E-state index in [0.717, 1.165) is 19.0 Å². The molecule has 0 aliphatic rings. The minimum Gasteiger partial charge on any atom is -0.324 e. The van der Waals surface area contributed by atoms with Crippen LogP contribution in [0.4, 0.5) is 18.9 Å². The maximum Gasteiger partial charge on any atom is 0.418 e. The van der Waals surface area contributed by atoms with Gasteiger partial charge in [-0.2, -0.15) is 13.2 Å². The van der Waals surface area contributed by atoms with Crippen LogP contribution >= 0.6 is 0 Å². The summed E-state index contributed by atoms with van der Waals surface area (Å²) >= 11 is 0. The van der Waals surface area contributed by atoms with E-state index in [1.165, 1.54) is 18.2 Å². The molecule has 0 saturated heterocycles. The SMILES string of the molecule is C[C@@H](C(=O)Nc1ccccc1C(F)(F)F)N(C)CCCN(C)C. The molecule has 0 saturated carbocycles. The van der Waals surface area contributed by atoms with Gasteiger partial charge in [-0.1, -0.05) is 12.1 Å². The van der Waals surface area contributed by atoms with Gasteiger partial charge in [0.1, 0.15) is 0 Å². The first-order valence-corrected chi connectivity index (χ1v) is 7.45. The first-order chi connectivity index (χ1) is 10.6. The van der Waals surface area contributed by atoms with Gasteiger partial charge in [0.2, 0.25) is 5.91 Å². The Labute approximate surface area is 135 Å². The van der Waals surface area contributed by atoms with Crippen LogP contribution in [-0.2, 0) is 11.0 Å². The van der Waals surface area contributed by atoms with E-state index in [0.29, 0.717) is 6.54 Å². The number of para-hydroxylation sites is 1. The summed E-state index contributed by atoms with van der Waals surface area (Å²) in [6, 6.07) is 4.48. The Balaban J connectivity index is 2.69. The van der Waals surface area contributed by atoms with E-state index >= 15 is 0 Å². The summed E-state index contributed by atoms with van der Waals surface area (Å²) in [5, 5.41) is 2.39. The van der Waals surface area contributed by atoms with Gasteiger partial charge in [0, 0.05) is 0 Å². The molecule has 1 atom stereocenters. The summed E-state index contributed by atoms with van der Waals surface area (Å²) in [4.78, 5) is 16.1. The van der Waals surface area contributed by atoms with Gasteiger partial charge < -0.3 is 10.2 Å². The summed E-state index contributed by atoms with van der Waals surface area (Å²) in [7, 11) is 5.71. The van der Waals surface area contributed by atoms with Crippen molar-refractivity contribution in [2.45, 2.75) is 25.6 Å². The van der Waals surface area contributed by atoms with Crippen LogP contribution in [0.2, 0.25) is 0 Å². The fraction of sp³-hybridized carbons (Fsp3) is 0.562. The first-order valence-electron chi connectivity index (χ1n) is 7.45. The molecule has 130 valence electrons. The van der Waals surface area contributed by atoms with Crippen LogP contribution in [0.5, 0.6) is 0 Å². The topological polar surface area (TPSA) is 35.6 Å². The van der Waals surface area contributed by atoms with Crippen LogP contribution < -0.4 is 5.32 Å². The fourth-order valence-electron chi connectivity index (χ4n) is 2.11. The first kappa shape index (κ1) is 19.4. The molecule has 0 aromatic heterocycles. The zero-order chi connectivity index (χ0) is 17.6. The number of carbonyl (C=O) groups excluding carboxylic acids is 1. The van der Waals surface area contributed by atoms with Gasteiger partial charge in [0.05, 0.1) is 17.3 Å². The molecule has 0 heterocycles. The highest BCUT2D eigenvalue weighted by atomic mass is 19.4. The molecule has 4 nitrogen and oxygen atoms in total. The Morgan fingerprint density at radius 2 is 1.78 bits per heavy atom. The predicted molar refractivity (Wildman–Crippen MR) is 85.3 cm³/mol. The van der Waals surface area contributed by atoms with Crippen LogP contribution in [0, 0.1) is 0 Å². The Bertz CT molecular complexity index is 518. The lowest BCUT2D eigenvalue weighted by Gasteiger charge is -2.25. The molecule has 0 bridgehead atoms. The fourth-order valence-corrected chi connectivity index (χ4v) is 2.11. The minimum atomic E-state index is -4.50. The zero-order valence-electron chi connectivity index (χ0n) is 13.9. The molecule has 7 heteroatoms. The standard InChI is InChI=1S/C16H24F3N3O/c1-12(22(4)11-7-10-21(2)3)15(23)20-14-9-6-5-8-13(14)16(17,18)19/h5-6,8-9,12H,7,10-11H2,1-4H3,(H,20,23)/t12-/m0/s1. The van der Waals surface area contributed by atoms with Gasteiger partial charge in [-0.3, -0.25) is 9.69 Å². The van der Waals surface area contributed by atoms with Crippen LogP contribution in [-0.4, -0.2) is 56.0 Å². The molecule has 0 fully saturated rings. The van der Waals surface area contributed by atoms with Crippen molar-refractivity contribution in [1.29, 1.82) is 0 Å². The Kier molecular flexibility index (Phi) is 7.02. The molecule has 23 heavy (non-hydrogen) atoms. The second kappa shape index (κ2) is 8.31. The van der Waals surface area contributed by atoms with E-state index in [2.05, 4.69) is 5.32 Å². The summed E-state index contributed by atoms with van der Waals surface area (Å²) in [6.45, 7) is 3.25. The number of benzene rings is 1. The van der Waals surface area contributed by atoms with Crippen LogP contribution in [0.3, 0.4) is 0 Å². The number of nitrogens with one attached hydrogen (secondary N) is 1. The van der Waals surface area contributed by atoms with Gasteiger partial charge in [-0.05, 0) is 59.7 Å². The molecule has 1 rings (SSSR count). The van der Waals surface area contributed by atoms with Crippen molar-refractivity contribution in [3.8, 4) is 0 Å². The van der Waals surface area contributed by atoms with Crippen molar-refractivity contribution < 1.29 is 18.0 Å². The van der Waals surface area contributed by atoms with E-state index in [9.17, 15) is 18.0 Å². The van der Waals surface area contributed by atoms with E-state index < -0.39 is 23.7 Å². The minimum absolute atomic E-state index is 0.210. The lowest BCUT2D eigenvalue weighted by molar-refractivity contribution is -0.137. The van der Waals surface area contributed by atoms with Crippen molar-refractivity contribution in [3.05, 3.63) is 29.8 Å². The number of carbonyl (C=O) groups is 1. The quantitative estimate of drug-likeness (QED) is 0.834. The molecule has 0 aliphatic heterocycles. The van der Waals surface area contributed by atoms with Crippen molar-refractivity contribution in [3.63, 3.8) is 0 Å². The predicted octanol–water partition coefficient (Wildman–Crippen LogP) is 2.92. The maximum absolute atomic E-state index is 12.9. The third-order valence-corrected chi connectivity index (χ3v) is 3.65. The van der Waals surface area contributed by atoms with Gasteiger partial charge in [0.15, 0.2) is 0 Å². The molecular weight excluding hydrogens is 307 g/mol. The molecule has 1 N–H and O–H groups in total. The summed E-state index contributed by atoms with van der Waals surface area (Å²) in [5.41, 5.74) is -1.05. The monoisotopic (exact) mass is 331 g/mol. The Morgan fingerprint density at radius 1 is 1.17 bits per heavy atom. The Hall–Kier alpha value is -1.60.